The van der Waals surface area contributed by atoms with Gasteiger partial charge in [-0.15, -0.1) is 0 Å². The van der Waals surface area contributed by atoms with Crippen molar-refractivity contribution in [2.24, 2.45) is 11.8 Å². The first-order valence-electron chi connectivity index (χ1n) is 15.1. The second-order valence-corrected chi connectivity index (χ2v) is 18.1. The molecule has 3 atom stereocenters. The Morgan fingerprint density at radius 2 is 1.43 bits per heavy atom. The van der Waals surface area contributed by atoms with Crippen LogP contribution in [-0.4, -0.2) is 51.9 Å². The maximum absolute atomic E-state index is 7.32. The van der Waals surface area contributed by atoms with Gasteiger partial charge in [-0.05, 0) is 86.3 Å². The SMILES string of the molecule is CCOC(OCC)C1CCCN(C(c2ccc(Cl)cc2)C2CCC2)C1CO[Si](C(C)C)(C(C)C)C(C)C. The lowest BCUT2D eigenvalue weighted by molar-refractivity contribution is -0.195. The molecule has 0 N–H and O–H groups in total. The van der Waals surface area contributed by atoms with Gasteiger partial charge in [-0.2, -0.15) is 0 Å². The van der Waals surface area contributed by atoms with Crippen LogP contribution < -0.4 is 0 Å². The van der Waals surface area contributed by atoms with Gasteiger partial charge >= 0.3 is 0 Å². The molecular formula is C31H54ClNO3Si. The van der Waals surface area contributed by atoms with Crippen LogP contribution in [0, 0.1) is 11.8 Å². The van der Waals surface area contributed by atoms with Crippen molar-refractivity contribution in [2.75, 3.05) is 26.4 Å². The summed E-state index contributed by atoms with van der Waals surface area (Å²) in [6.45, 7) is 21.7. The van der Waals surface area contributed by atoms with Gasteiger partial charge in [-0.1, -0.05) is 71.7 Å². The number of rotatable bonds is 14. The molecule has 0 aromatic heterocycles. The molecule has 1 aromatic rings. The maximum Gasteiger partial charge on any atom is 0.200 e. The van der Waals surface area contributed by atoms with E-state index >= 15 is 0 Å². The van der Waals surface area contributed by atoms with E-state index < -0.39 is 8.32 Å². The van der Waals surface area contributed by atoms with E-state index in [1.54, 1.807) is 0 Å². The van der Waals surface area contributed by atoms with Gasteiger partial charge in [0.05, 0.1) is 6.61 Å². The number of benzene rings is 1. The lowest BCUT2D eigenvalue weighted by Crippen LogP contribution is -2.58. The van der Waals surface area contributed by atoms with Gasteiger partial charge in [0.2, 0.25) is 0 Å². The zero-order valence-corrected chi connectivity index (χ0v) is 26.6. The average Bonchev–Trinajstić information content (AvgIpc) is 2.81. The molecular weight excluding hydrogens is 498 g/mol. The fourth-order valence-corrected chi connectivity index (χ4v) is 13.1. The fourth-order valence-electron chi connectivity index (χ4n) is 7.50. The van der Waals surface area contributed by atoms with Crippen LogP contribution in [0.2, 0.25) is 21.6 Å². The summed E-state index contributed by atoms with van der Waals surface area (Å²) in [5, 5.41) is 0.807. The molecule has 1 aromatic carbocycles. The highest BCUT2D eigenvalue weighted by atomic mass is 35.5. The van der Waals surface area contributed by atoms with Crippen molar-refractivity contribution in [3.8, 4) is 0 Å². The lowest BCUT2D eigenvalue weighted by atomic mass is 9.74. The van der Waals surface area contributed by atoms with Gasteiger partial charge in [0, 0.05) is 36.2 Å². The summed E-state index contributed by atoms with van der Waals surface area (Å²) >= 11 is 6.32. The van der Waals surface area contributed by atoms with Crippen LogP contribution in [-0.2, 0) is 13.9 Å². The zero-order chi connectivity index (χ0) is 27.2. The molecule has 1 saturated heterocycles. The molecule has 2 fully saturated rings. The fraction of sp³-hybridized carbons (Fsp3) is 0.806. The molecule has 2 aliphatic rings. The molecule has 0 amide bonds. The van der Waals surface area contributed by atoms with Gasteiger partial charge in [0.25, 0.3) is 0 Å². The normalized spacial score (nSPS) is 22.8. The molecule has 0 bridgehead atoms. The minimum Gasteiger partial charge on any atom is -0.414 e. The maximum atomic E-state index is 7.32. The van der Waals surface area contributed by atoms with Crippen molar-refractivity contribution in [2.45, 2.75) is 122 Å². The summed E-state index contributed by atoms with van der Waals surface area (Å²) in [5.41, 5.74) is 3.09. The Bertz CT molecular complexity index is 770. The Morgan fingerprint density at radius 1 is 0.865 bits per heavy atom. The van der Waals surface area contributed by atoms with Gasteiger partial charge in [-0.25, -0.2) is 0 Å². The van der Waals surface area contributed by atoms with Crippen LogP contribution in [0.15, 0.2) is 24.3 Å². The molecule has 37 heavy (non-hydrogen) atoms. The minimum absolute atomic E-state index is 0.188. The number of ether oxygens (including phenoxy) is 2. The van der Waals surface area contributed by atoms with E-state index in [4.69, 9.17) is 25.5 Å². The zero-order valence-electron chi connectivity index (χ0n) is 24.8. The number of likely N-dealkylation sites (tertiary alicyclic amines) is 1. The summed E-state index contributed by atoms with van der Waals surface area (Å²) in [6.07, 6.45) is 6.02. The number of hydrogen-bond donors (Lipinski definition) is 0. The van der Waals surface area contributed by atoms with Crippen molar-refractivity contribution in [3.05, 3.63) is 34.9 Å². The van der Waals surface area contributed by atoms with Crippen LogP contribution in [0.25, 0.3) is 0 Å². The summed E-state index contributed by atoms with van der Waals surface area (Å²) < 4.78 is 19.9. The third-order valence-electron chi connectivity index (χ3n) is 9.26. The Kier molecular flexibility index (Phi) is 12.0. The first-order chi connectivity index (χ1) is 17.7. The van der Waals surface area contributed by atoms with Gasteiger partial charge < -0.3 is 13.9 Å². The Morgan fingerprint density at radius 3 is 1.89 bits per heavy atom. The quantitative estimate of drug-likeness (QED) is 0.171. The second kappa shape index (κ2) is 14.3. The van der Waals surface area contributed by atoms with Crippen molar-refractivity contribution < 1.29 is 13.9 Å². The molecule has 1 saturated carbocycles. The molecule has 3 unspecified atom stereocenters. The number of piperidine rings is 1. The molecule has 1 aliphatic heterocycles. The molecule has 0 spiro atoms. The lowest BCUT2D eigenvalue weighted by Gasteiger charge is -2.52. The molecule has 212 valence electrons. The molecule has 0 radical (unpaired) electrons. The largest absolute Gasteiger partial charge is 0.414 e. The third-order valence-corrected chi connectivity index (χ3v) is 15.6. The van der Waals surface area contributed by atoms with E-state index in [1.807, 2.05) is 0 Å². The average molecular weight is 552 g/mol. The van der Waals surface area contributed by atoms with Crippen molar-refractivity contribution in [3.63, 3.8) is 0 Å². The monoisotopic (exact) mass is 551 g/mol. The van der Waals surface area contributed by atoms with Crippen LogP contribution >= 0.6 is 11.6 Å². The Labute approximate surface area is 233 Å². The van der Waals surface area contributed by atoms with Crippen molar-refractivity contribution in [1.29, 1.82) is 0 Å². The van der Waals surface area contributed by atoms with E-state index in [0.717, 1.165) is 31.0 Å². The second-order valence-electron chi connectivity index (χ2n) is 12.2. The number of hydrogen-bond acceptors (Lipinski definition) is 4. The van der Waals surface area contributed by atoms with E-state index in [2.05, 4.69) is 84.6 Å². The van der Waals surface area contributed by atoms with E-state index in [-0.39, 0.29) is 12.3 Å². The van der Waals surface area contributed by atoms with Gasteiger partial charge in [0.1, 0.15) is 0 Å². The van der Waals surface area contributed by atoms with Gasteiger partial charge in [0.15, 0.2) is 14.6 Å². The van der Waals surface area contributed by atoms with Crippen LogP contribution in [0.4, 0.5) is 0 Å². The van der Waals surface area contributed by atoms with E-state index in [0.29, 0.717) is 47.7 Å². The summed E-state index contributed by atoms with van der Waals surface area (Å²) in [6, 6.07) is 9.29. The summed E-state index contributed by atoms with van der Waals surface area (Å²) in [7, 11) is -2.01. The van der Waals surface area contributed by atoms with Gasteiger partial charge in [-0.3, -0.25) is 4.90 Å². The van der Waals surface area contributed by atoms with Crippen LogP contribution in [0.3, 0.4) is 0 Å². The van der Waals surface area contributed by atoms with Crippen LogP contribution in [0.1, 0.15) is 99.1 Å². The van der Waals surface area contributed by atoms with Crippen molar-refractivity contribution >= 4 is 19.9 Å². The highest BCUT2D eigenvalue weighted by molar-refractivity contribution is 6.77. The highest BCUT2D eigenvalue weighted by Gasteiger charge is 2.48. The van der Waals surface area contributed by atoms with Crippen molar-refractivity contribution in [1.82, 2.24) is 4.90 Å². The standard InChI is InChI=1S/C31H54ClNO3Si/c1-9-34-31(35-10-2)28-15-12-20-33(29(28)21-36-37(22(3)4,23(5)6)24(7)8)30(25-13-11-14-25)26-16-18-27(32)19-17-26/h16-19,22-25,28-31H,9-15,20-21H2,1-8H3. The number of halogens is 1. The highest BCUT2D eigenvalue weighted by Crippen LogP contribution is 2.47. The molecule has 1 aliphatic carbocycles. The van der Waals surface area contributed by atoms with E-state index in [1.165, 1.54) is 24.8 Å². The molecule has 3 rings (SSSR count). The minimum atomic E-state index is -2.01. The Balaban J connectivity index is 2.02. The molecule has 4 nitrogen and oxygen atoms in total. The summed E-state index contributed by atoms with van der Waals surface area (Å²) in [4.78, 5) is 2.80. The Hall–Kier alpha value is -0.433. The predicted molar refractivity (Wildman–Crippen MR) is 159 cm³/mol. The molecule has 6 heteroatoms. The first-order valence-corrected chi connectivity index (χ1v) is 17.6. The predicted octanol–water partition coefficient (Wildman–Crippen LogP) is 8.85. The third kappa shape index (κ3) is 7.02. The summed E-state index contributed by atoms with van der Waals surface area (Å²) in [5.74, 6) is 0.976. The first kappa shape index (κ1) is 31.1. The van der Waals surface area contributed by atoms with E-state index in [9.17, 15) is 0 Å². The molecule has 1 heterocycles. The number of nitrogens with zero attached hydrogens (tertiary/aromatic N) is 1. The van der Waals surface area contributed by atoms with Crippen LogP contribution in [0.5, 0.6) is 0 Å². The smallest absolute Gasteiger partial charge is 0.200 e. The topological polar surface area (TPSA) is 30.9 Å².